The second-order valence-corrected chi connectivity index (χ2v) is 6.45. The number of hydrogen-bond donors (Lipinski definition) is 1. The number of benzene rings is 1. The van der Waals surface area contributed by atoms with E-state index in [-0.39, 0.29) is 14.3 Å². The molecule has 4 bridgehead atoms. The van der Waals surface area contributed by atoms with E-state index in [2.05, 4.69) is 10.2 Å². The number of hydrogen-bond acceptors (Lipinski definition) is 2. The maximum atomic E-state index is 12.2. The van der Waals surface area contributed by atoms with E-state index in [4.69, 9.17) is 0 Å². The molecular formula is C17H20BN2O. The SMILES string of the molecule is O=C(C=C1C2CC3CC1CN(C3)C2)Nc1ccccc1.[B]. The van der Waals surface area contributed by atoms with Gasteiger partial charge in [0.25, 0.3) is 0 Å². The molecule has 21 heavy (non-hydrogen) atoms. The van der Waals surface area contributed by atoms with E-state index >= 15 is 0 Å². The Bertz CT molecular complexity index is 525. The third kappa shape index (κ3) is 2.77. The number of amides is 1. The molecule has 107 valence electrons. The van der Waals surface area contributed by atoms with Gasteiger partial charge in [-0.15, -0.1) is 0 Å². The van der Waals surface area contributed by atoms with Crippen LogP contribution in [0.15, 0.2) is 42.0 Å². The lowest BCUT2D eigenvalue weighted by Gasteiger charge is -2.53. The molecule has 1 aromatic rings. The number of nitrogens with zero attached hydrogens (tertiary/aromatic N) is 1. The van der Waals surface area contributed by atoms with Gasteiger partial charge in [0.1, 0.15) is 0 Å². The summed E-state index contributed by atoms with van der Waals surface area (Å²) in [5, 5.41) is 2.97. The zero-order valence-corrected chi connectivity index (χ0v) is 12.2. The first-order chi connectivity index (χ1) is 9.78. The highest BCUT2D eigenvalue weighted by atomic mass is 16.1. The minimum absolute atomic E-state index is 0. The number of anilines is 1. The van der Waals surface area contributed by atoms with Crippen LogP contribution in [0.3, 0.4) is 0 Å². The quantitative estimate of drug-likeness (QED) is 0.664. The van der Waals surface area contributed by atoms with Crippen LogP contribution in [0.4, 0.5) is 5.69 Å². The second kappa shape index (κ2) is 5.68. The summed E-state index contributed by atoms with van der Waals surface area (Å²) >= 11 is 0. The molecule has 3 heterocycles. The Labute approximate surface area is 128 Å². The number of para-hydroxylation sites is 1. The first-order valence-electron chi connectivity index (χ1n) is 7.58. The van der Waals surface area contributed by atoms with Crippen molar-refractivity contribution in [2.24, 2.45) is 17.8 Å². The van der Waals surface area contributed by atoms with Gasteiger partial charge in [0.2, 0.25) is 5.91 Å². The summed E-state index contributed by atoms with van der Waals surface area (Å²) in [7, 11) is 0. The van der Waals surface area contributed by atoms with Crippen molar-refractivity contribution in [3.05, 3.63) is 42.0 Å². The Morgan fingerprint density at radius 3 is 2.38 bits per heavy atom. The maximum Gasteiger partial charge on any atom is 0.248 e. The van der Waals surface area contributed by atoms with E-state index in [0.717, 1.165) is 24.7 Å². The summed E-state index contributed by atoms with van der Waals surface area (Å²) in [4.78, 5) is 14.8. The molecule has 4 fully saturated rings. The molecule has 0 spiro atoms. The van der Waals surface area contributed by atoms with Crippen LogP contribution in [-0.4, -0.2) is 38.9 Å². The van der Waals surface area contributed by atoms with Crippen molar-refractivity contribution >= 4 is 20.0 Å². The fourth-order valence-corrected chi connectivity index (χ4v) is 4.31. The zero-order valence-electron chi connectivity index (χ0n) is 12.2. The summed E-state index contributed by atoms with van der Waals surface area (Å²) in [6, 6.07) is 9.70. The predicted molar refractivity (Wildman–Crippen MR) is 85.1 cm³/mol. The molecule has 2 unspecified atom stereocenters. The van der Waals surface area contributed by atoms with Crippen LogP contribution in [-0.2, 0) is 4.79 Å². The van der Waals surface area contributed by atoms with Gasteiger partial charge in [-0.05, 0) is 42.7 Å². The fourth-order valence-electron chi connectivity index (χ4n) is 4.31. The Morgan fingerprint density at radius 1 is 1.10 bits per heavy atom. The average Bonchev–Trinajstić information content (AvgIpc) is 2.43. The minimum atomic E-state index is 0. The van der Waals surface area contributed by atoms with Gasteiger partial charge >= 0.3 is 0 Å². The smallest absolute Gasteiger partial charge is 0.248 e. The largest absolute Gasteiger partial charge is 0.323 e. The fraction of sp³-hybridized carbons (Fsp3) is 0.471. The first kappa shape index (κ1) is 14.4. The lowest BCUT2D eigenvalue weighted by atomic mass is 9.65. The molecule has 5 rings (SSSR count). The molecule has 2 atom stereocenters. The van der Waals surface area contributed by atoms with E-state index in [0.29, 0.717) is 11.8 Å². The van der Waals surface area contributed by atoms with Crippen molar-refractivity contribution in [1.82, 2.24) is 4.90 Å². The number of carbonyl (C=O) groups excluding carboxylic acids is 1. The number of rotatable bonds is 2. The Kier molecular flexibility index (Phi) is 3.90. The van der Waals surface area contributed by atoms with Crippen LogP contribution in [0.1, 0.15) is 12.8 Å². The summed E-state index contributed by atoms with van der Waals surface area (Å²) in [5.74, 6) is 2.17. The van der Waals surface area contributed by atoms with Crippen LogP contribution in [0.2, 0.25) is 0 Å². The van der Waals surface area contributed by atoms with E-state index in [9.17, 15) is 4.79 Å². The molecule has 1 N–H and O–H groups in total. The third-order valence-electron chi connectivity index (χ3n) is 4.99. The van der Waals surface area contributed by atoms with Crippen molar-refractivity contribution < 1.29 is 4.79 Å². The Balaban J connectivity index is 0.00000132. The molecule has 1 aliphatic carbocycles. The number of carbonyl (C=O) groups is 1. The second-order valence-electron chi connectivity index (χ2n) is 6.45. The van der Waals surface area contributed by atoms with E-state index in [1.54, 1.807) is 0 Å². The summed E-state index contributed by atoms with van der Waals surface area (Å²) in [6.45, 7) is 3.62. The first-order valence-corrected chi connectivity index (χ1v) is 7.58. The summed E-state index contributed by atoms with van der Waals surface area (Å²) in [6.07, 6.45) is 4.47. The molecule has 3 nitrogen and oxygen atoms in total. The topological polar surface area (TPSA) is 32.3 Å². The van der Waals surface area contributed by atoms with Crippen LogP contribution < -0.4 is 5.32 Å². The maximum absolute atomic E-state index is 12.2. The van der Waals surface area contributed by atoms with Crippen LogP contribution in [0.25, 0.3) is 0 Å². The average molecular weight is 279 g/mol. The van der Waals surface area contributed by atoms with Crippen LogP contribution in [0, 0.1) is 17.8 Å². The van der Waals surface area contributed by atoms with E-state index in [1.165, 1.54) is 25.0 Å². The van der Waals surface area contributed by atoms with Gasteiger partial charge in [-0.1, -0.05) is 23.8 Å². The number of nitrogens with one attached hydrogen (secondary N) is 1. The Hall–Kier alpha value is -1.55. The summed E-state index contributed by atoms with van der Waals surface area (Å²) in [5.41, 5.74) is 2.28. The highest BCUT2D eigenvalue weighted by Crippen LogP contribution is 2.46. The highest BCUT2D eigenvalue weighted by Gasteiger charge is 2.44. The van der Waals surface area contributed by atoms with Gasteiger partial charge in [0, 0.05) is 39.8 Å². The van der Waals surface area contributed by atoms with Crippen molar-refractivity contribution in [3.63, 3.8) is 0 Å². The normalized spacial score (nSPS) is 32.5. The van der Waals surface area contributed by atoms with Gasteiger partial charge in [-0.25, -0.2) is 0 Å². The Morgan fingerprint density at radius 2 is 1.76 bits per heavy atom. The molecule has 4 heteroatoms. The van der Waals surface area contributed by atoms with Crippen molar-refractivity contribution in [2.45, 2.75) is 12.8 Å². The van der Waals surface area contributed by atoms with Crippen molar-refractivity contribution in [2.75, 3.05) is 25.0 Å². The molecule has 0 aromatic heterocycles. The van der Waals surface area contributed by atoms with Gasteiger partial charge < -0.3 is 10.2 Å². The summed E-state index contributed by atoms with van der Waals surface area (Å²) < 4.78 is 0. The monoisotopic (exact) mass is 279 g/mol. The molecule has 1 amide bonds. The zero-order chi connectivity index (χ0) is 13.5. The van der Waals surface area contributed by atoms with Crippen molar-refractivity contribution in [3.8, 4) is 0 Å². The van der Waals surface area contributed by atoms with Gasteiger partial charge in [0.15, 0.2) is 0 Å². The molecule has 3 radical (unpaired) electrons. The molecule has 3 aliphatic heterocycles. The molecule has 1 aromatic carbocycles. The predicted octanol–water partition coefficient (Wildman–Crippen LogP) is 2.14. The lowest BCUT2D eigenvalue weighted by Crippen LogP contribution is -2.54. The van der Waals surface area contributed by atoms with Gasteiger partial charge in [0.05, 0.1) is 0 Å². The van der Waals surface area contributed by atoms with Gasteiger partial charge in [-0.3, -0.25) is 4.79 Å². The standard InChI is InChI=1S/C17H20N2O.B/c20-17(18-15-4-2-1-3-5-15)8-16-13-6-12-7-14(16)11-19(9-12)10-13;/h1-5,8,12-14H,6-7,9-11H2,(H,18,20);. The van der Waals surface area contributed by atoms with Gasteiger partial charge in [-0.2, -0.15) is 0 Å². The lowest BCUT2D eigenvalue weighted by molar-refractivity contribution is -0.112. The molecule has 1 saturated carbocycles. The highest BCUT2D eigenvalue weighted by molar-refractivity contribution is 5.99. The van der Waals surface area contributed by atoms with Crippen molar-refractivity contribution in [1.29, 1.82) is 0 Å². The molecule has 3 saturated heterocycles. The van der Waals surface area contributed by atoms with E-state index < -0.39 is 0 Å². The molecular weight excluding hydrogens is 259 g/mol. The number of piperidine rings is 3. The minimum Gasteiger partial charge on any atom is -0.323 e. The molecule has 4 aliphatic rings. The van der Waals surface area contributed by atoms with E-state index in [1.807, 2.05) is 36.4 Å². The van der Waals surface area contributed by atoms with Crippen LogP contribution in [0.5, 0.6) is 0 Å². The van der Waals surface area contributed by atoms with Crippen LogP contribution >= 0.6 is 0 Å². The third-order valence-corrected chi connectivity index (χ3v) is 4.99.